The molecule has 1 aromatic rings. The van der Waals surface area contributed by atoms with Gasteiger partial charge in [0.05, 0.1) is 6.20 Å². The molecule has 0 aliphatic rings. The normalized spacial score (nSPS) is 9.50. The Labute approximate surface area is 79.0 Å². The Hall–Kier alpha value is -0.810. The Balaban J connectivity index is 2.46. The summed E-state index contributed by atoms with van der Waals surface area (Å²) in [7, 11) is 0. The zero-order chi connectivity index (χ0) is 8.97. The Morgan fingerprint density at radius 2 is 2.58 bits per heavy atom. The molecule has 6 heteroatoms. The van der Waals surface area contributed by atoms with Crippen molar-refractivity contribution in [3.63, 3.8) is 0 Å². The van der Waals surface area contributed by atoms with Crippen LogP contribution < -0.4 is 10.6 Å². The van der Waals surface area contributed by atoms with Gasteiger partial charge in [-0.25, -0.2) is 9.78 Å². The zero-order valence-electron chi connectivity index (χ0n) is 6.43. The molecule has 0 radical (unpaired) electrons. The molecule has 1 rings (SSSR count). The summed E-state index contributed by atoms with van der Waals surface area (Å²) in [5.41, 5.74) is 0. The van der Waals surface area contributed by atoms with Crippen LogP contribution in [0.4, 0.5) is 9.93 Å². The highest BCUT2D eigenvalue weighted by molar-refractivity contribution is 7.19. The molecule has 0 spiro atoms. The van der Waals surface area contributed by atoms with Gasteiger partial charge in [-0.3, -0.25) is 5.32 Å². The summed E-state index contributed by atoms with van der Waals surface area (Å²) in [4.78, 5) is 14.8. The summed E-state index contributed by atoms with van der Waals surface area (Å²) >= 11 is 6.83. The van der Waals surface area contributed by atoms with E-state index >= 15 is 0 Å². The highest BCUT2D eigenvalue weighted by atomic mass is 35.5. The number of halogens is 1. The third-order valence-electron chi connectivity index (χ3n) is 1.04. The molecule has 1 aromatic heterocycles. The van der Waals surface area contributed by atoms with Crippen molar-refractivity contribution in [3.05, 3.63) is 10.5 Å². The summed E-state index contributed by atoms with van der Waals surface area (Å²) in [6.07, 6.45) is 1.49. The van der Waals surface area contributed by atoms with Gasteiger partial charge >= 0.3 is 6.03 Å². The van der Waals surface area contributed by atoms with Crippen molar-refractivity contribution in [1.29, 1.82) is 0 Å². The van der Waals surface area contributed by atoms with Gasteiger partial charge in [-0.1, -0.05) is 22.9 Å². The van der Waals surface area contributed by atoms with Gasteiger partial charge in [0.1, 0.15) is 4.34 Å². The maximum absolute atomic E-state index is 10.9. The minimum absolute atomic E-state index is 0.261. The molecule has 66 valence electrons. The van der Waals surface area contributed by atoms with E-state index in [1.807, 2.05) is 6.92 Å². The third kappa shape index (κ3) is 2.67. The van der Waals surface area contributed by atoms with Crippen molar-refractivity contribution in [2.24, 2.45) is 0 Å². The van der Waals surface area contributed by atoms with Crippen LogP contribution >= 0.6 is 22.9 Å². The molecule has 4 nitrogen and oxygen atoms in total. The van der Waals surface area contributed by atoms with Gasteiger partial charge < -0.3 is 5.32 Å². The van der Waals surface area contributed by atoms with Crippen LogP contribution in [0.5, 0.6) is 0 Å². The maximum Gasteiger partial charge on any atom is 0.321 e. The number of carbonyl (C=O) groups excluding carboxylic acids is 1. The summed E-state index contributed by atoms with van der Waals surface area (Å²) < 4.78 is 0.557. The number of urea groups is 1. The second-order valence-corrected chi connectivity index (χ2v) is 3.62. The maximum atomic E-state index is 10.9. The number of anilines is 1. The number of carbonyl (C=O) groups is 1. The smallest absolute Gasteiger partial charge is 0.321 e. The quantitative estimate of drug-likeness (QED) is 0.776. The molecule has 0 saturated heterocycles. The summed E-state index contributed by atoms with van der Waals surface area (Å²) in [6.45, 7) is 2.43. The fourth-order valence-electron chi connectivity index (χ4n) is 0.614. The van der Waals surface area contributed by atoms with Crippen LogP contribution in [0, 0.1) is 0 Å². The second-order valence-electron chi connectivity index (χ2n) is 1.95. The van der Waals surface area contributed by atoms with Gasteiger partial charge in [0, 0.05) is 6.54 Å². The number of rotatable bonds is 2. The standard InChI is InChI=1S/C6H8ClN3OS/c1-2-8-5(11)10-6-9-3-4(7)12-6/h3H,2H2,1H3,(H2,8,9,10,11). The fourth-order valence-corrected chi connectivity index (χ4v) is 1.42. The number of hydrogen-bond donors (Lipinski definition) is 2. The summed E-state index contributed by atoms with van der Waals surface area (Å²) in [6, 6.07) is -0.261. The first-order chi connectivity index (χ1) is 5.72. The van der Waals surface area contributed by atoms with E-state index in [1.54, 1.807) is 0 Å². The molecule has 2 amide bonds. The predicted octanol–water partition coefficient (Wildman–Crippen LogP) is 1.94. The minimum Gasteiger partial charge on any atom is -0.338 e. The van der Waals surface area contributed by atoms with Crippen LogP contribution in [0.2, 0.25) is 4.34 Å². The number of hydrogen-bond acceptors (Lipinski definition) is 3. The molecule has 2 N–H and O–H groups in total. The zero-order valence-corrected chi connectivity index (χ0v) is 8.00. The Morgan fingerprint density at radius 1 is 1.83 bits per heavy atom. The van der Waals surface area contributed by atoms with E-state index in [0.29, 0.717) is 16.0 Å². The lowest BCUT2D eigenvalue weighted by Gasteiger charge is -2.00. The second kappa shape index (κ2) is 4.27. The summed E-state index contributed by atoms with van der Waals surface area (Å²) in [5.74, 6) is 0. The van der Waals surface area contributed by atoms with Crippen LogP contribution in [0.3, 0.4) is 0 Å². The van der Waals surface area contributed by atoms with Crippen molar-refractivity contribution < 1.29 is 4.79 Å². The van der Waals surface area contributed by atoms with Crippen molar-refractivity contribution in [3.8, 4) is 0 Å². The average molecular weight is 206 g/mol. The minimum atomic E-state index is -0.261. The first kappa shape index (κ1) is 9.28. The van der Waals surface area contributed by atoms with Crippen LogP contribution in [-0.2, 0) is 0 Å². The van der Waals surface area contributed by atoms with E-state index in [-0.39, 0.29) is 6.03 Å². The molecule has 1 heterocycles. The fraction of sp³-hybridized carbons (Fsp3) is 0.333. The number of aromatic nitrogens is 1. The van der Waals surface area contributed by atoms with Gasteiger partial charge in [0.25, 0.3) is 0 Å². The Bertz CT molecular complexity index is 276. The first-order valence-electron chi connectivity index (χ1n) is 3.38. The lowest BCUT2D eigenvalue weighted by atomic mass is 10.7. The molecule has 0 aromatic carbocycles. The average Bonchev–Trinajstić information content (AvgIpc) is 2.36. The monoisotopic (exact) mass is 205 g/mol. The van der Waals surface area contributed by atoms with Crippen LogP contribution in [0.25, 0.3) is 0 Å². The molecule has 0 bridgehead atoms. The SMILES string of the molecule is CCNC(=O)Nc1ncc(Cl)s1. The van der Waals surface area contributed by atoms with Gasteiger partial charge in [-0.15, -0.1) is 0 Å². The Kier molecular flexibility index (Phi) is 3.31. The van der Waals surface area contributed by atoms with Gasteiger partial charge in [0.15, 0.2) is 5.13 Å². The van der Waals surface area contributed by atoms with Crippen molar-refractivity contribution in [1.82, 2.24) is 10.3 Å². The largest absolute Gasteiger partial charge is 0.338 e. The highest BCUT2D eigenvalue weighted by Crippen LogP contribution is 2.22. The van der Waals surface area contributed by atoms with Gasteiger partial charge in [0.2, 0.25) is 0 Å². The van der Waals surface area contributed by atoms with Gasteiger partial charge in [-0.2, -0.15) is 0 Å². The number of thiazole rings is 1. The molecular weight excluding hydrogens is 198 g/mol. The van der Waals surface area contributed by atoms with Crippen molar-refractivity contribution in [2.45, 2.75) is 6.92 Å². The molecule has 12 heavy (non-hydrogen) atoms. The predicted molar refractivity (Wildman–Crippen MR) is 49.8 cm³/mol. The van der Waals surface area contributed by atoms with Gasteiger partial charge in [-0.05, 0) is 6.92 Å². The molecule has 0 fully saturated rings. The van der Waals surface area contributed by atoms with E-state index in [1.165, 1.54) is 17.5 Å². The van der Waals surface area contributed by atoms with Crippen LogP contribution in [0.1, 0.15) is 6.92 Å². The van der Waals surface area contributed by atoms with Crippen molar-refractivity contribution in [2.75, 3.05) is 11.9 Å². The molecule has 0 atom stereocenters. The van der Waals surface area contributed by atoms with E-state index in [4.69, 9.17) is 11.6 Å². The van der Waals surface area contributed by atoms with Crippen LogP contribution in [0.15, 0.2) is 6.20 Å². The summed E-state index contributed by atoms with van der Waals surface area (Å²) in [5, 5.41) is 5.62. The van der Waals surface area contributed by atoms with E-state index < -0.39 is 0 Å². The number of nitrogens with zero attached hydrogens (tertiary/aromatic N) is 1. The number of amides is 2. The van der Waals surface area contributed by atoms with Crippen molar-refractivity contribution >= 4 is 34.1 Å². The molecular formula is C6H8ClN3OS. The molecule has 0 unspecified atom stereocenters. The molecule has 0 aliphatic carbocycles. The lowest BCUT2D eigenvalue weighted by molar-refractivity contribution is 0.252. The first-order valence-corrected chi connectivity index (χ1v) is 4.58. The van der Waals surface area contributed by atoms with E-state index in [0.717, 1.165) is 0 Å². The molecule has 0 aliphatic heterocycles. The Morgan fingerprint density at radius 3 is 3.08 bits per heavy atom. The topological polar surface area (TPSA) is 54.0 Å². The molecule has 0 saturated carbocycles. The third-order valence-corrected chi connectivity index (χ3v) is 2.07. The number of nitrogens with one attached hydrogen (secondary N) is 2. The van der Waals surface area contributed by atoms with E-state index in [9.17, 15) is 4.79 Å². The lowest BCUT2D eigenvalue weighted by Crippen LogP contribution is -2.28. The van der Waals surface area contributed by atoms with Crippen LogP contribution in [-0.4, -0.2) is 17.6 Å². The van der Waals surface area contributed by atoms with E-state index in [2.05, 4.69) is 15.6 Å². The highest BCUT2D eigenvalue weighted by Gasteiger charge is 2.02.